The van der Waals surface area contributed by atoms with E-state index in [1.807, 2.05) is 0 Å². The lowest BCUT2D eigenvalue weighted by atomic mass is 10.0. The van der Waals surface area contributed by atoms with Crippen molar-refractivity contribution in [2.45, 2.75) is 200 Å². The van der Waals surface area contributed by atoms with Gasteiger partial charge >= 0.3 is 11.9 Å². The molecule has 0 unspecified atom stereocenters. The maximum atomic E-state index is 12.1. The van der Waals surface area contributed by atoms with Crippen molar-refractivity contribution >= 4 is 17.8 Å². The van der Waals surface area contributed by atoms with E-state index in [1.54, 1.807) is 6.92 Å². The first-order valence-corrected chi connectivity index (χ1v) is 18.7. The summed E-state index contributed by atoms with van der Waals surface area (Å²) in [5, 5.41) is 12.4. The van der Waals surface area contributed by atoms with Gasteiger partial charge in [0.1, 0.15) is 6.61 Å². The van der Waals surface area contributed by atoms with E-state index in [0.29, 0.717) is 12.8 Å². The van der Waals surface area contributed by atoms with Gasteiger partial charge in [-0.3, -0.25) is 14.4 Å². The van der Waals surface area contributed by atoms with E-state index in [-0.39, 0.29) is 31.1 Å². The first-order chi connectivity index (χ1) is 21.5. The van der Waals surface area contributed by atoms with Crippen LogP contribution in [-0.4, -0.2) is 48.8 Å². The van der Waals surface area contributed by atoms with E-state index in [2.05, 4.69) is 12.2 Å². The van der Waals surface area contributed by atoms with Crippen LogP contribution in [0.5, 0.6) is 0 Å². The summed E-state index contributed by atoms with van der Waals surface area (Å²) in [4.78, 5) is 35.0. The van der Waals surface area contributed by atoms with Gasteiger partial charge in [-0.15, -0.1) is 0 Å². The minimum absolute atomic E-state index is 0.0608. The molecule has 7 nitrogen and oxygen atoms in total. The fourth-order valence-corrected chi connectivity index (χ4v) is 5.52. The molecule has 0 aromatic heterocycles. The Balaban J connectivity index is 3.50. The van der Waals surface area contributed by atoms with E-state index in [9.17, 15) is 19.5 Å². The van der Waals surface area contributed by atoms with Crippen molar-refractivity contribution in [3.63, 3.8) is 0 Å². The Bertz CT molecular complexity index is 656. The highest BCUT2D eigenvalue weighted by Gasteiger charge is 2.16. The van der Waals surface area contributed by atoms with Crippen LogP contribution in [0.3, 0.4) is 0 Å². The topological polar surface area (TPSA) is 102 Å². The second-order valence-corrected chi connectivity index (χ2v) is 12.8. The number of carbonyl (C=O) groups excluding carboxylic acids is 3. The predicted octanol–water partition coefficient (Wildman–Crippen LogP) is 9.51. The number of hydrogen-bond donors (Lipinski definition) is 2. The van der Waals surface area contributed by atoms with Crippen LogP contribution in [-0.2, 0) is 23.9 Å². The molecular weight excluding hydrogens is 554 g/mol. The zero-order valence-corrected chi connectivity index (χ0v) is 29.0. The summed E-state index contributed by atoms with van der Waals surface area (Å²) in [6.07, 6.45) is 31.7. The molecule has 0 radical (unpaired) electrons. The first kappa shape index (κ1) is 42.4. The molecule has 0 saturated heterocycles. The number of nitrogens with one attached hydrogen (secondary N) is 1. The fraction of sp³-hybridized carbons (Fsp3) is 0.919. The fourth-order valence-electron chi connectivity index (χ4n) is 5.52. The number of aliphatic hydroxyl groups excluding tert-OH is 1. The van der Waals surface area contributed by atoms with Gasteiger partial charge in [-0.25, -0.2) is 0 Å². The van der Waals surface area contributed by atoms with Crippen molar-refractivity contribution in [2.75, 3.05) is 19.8 Å². The molecule has 0 saturated carbocycles. The zero-order chi connectivity index (χ0) is 32.4. The monoisotopic (exact) mass is 626 g/mol. The molecular formula is C37H71NO6. The van der Waals surface area contributed by atoms with Gasteiger partial charge < -0.3 is 19.9 Å². The number of amides is 1. The Hall–Kier alpha value is -1.63. The van der Waals surface area contributed by atoms with Gasteiger partial charge in [-0.05, 0) is 19.3 Å². The van der Waals surface area contributed by atoms with Crippen LogP contribution in [0.4, 0.5) is 0 Å². The van der Waals surface area contributed by atoms with E-state index in [4.69, 9.17) is 9.47 Å². The highest BCUT2D eigenvalue weighted by molar-refractivity contribution is 5.72. The van der Waals surface area contributed by atoms with Crippen molar-refractivity contribution in [3.8, 4) is 0 Å². The zero-order valence-electron chi connectivity index (χ0n) is 29.0. The SMILES string of the molecule is CCCCCCCCCCCCCCCC(=O)O[C@@H](CO)COC(=O)CCCCCCCCCCCCCCCNC(C)=O. The summed E-state index contributed by atoms with van der Waals surface area (Å²) in [7, 11) is 0. The van der Waals surface area contributed by atoms with Gasteiger partial charge in [0.05, 0.1) is 6.61 Å². The van der Waals surface area contributed by atoms with Crippen LogP contribution in [0.25, 0.3) is 0 Å². The molecule has 0 heterocycles. The third kappa shape index (κ3) is 33.3. The van der Waals surface area contributed by atoms with Crippen molar-refractivity contribution in [2.24, 2.45) is 0 Å². The second-order valence-electron chi connectivity index (χ2n) is 12.8. The van der Waals surface area contributed by atoms with Crippen LogP contribution < -0.4 is 5.32 Å². The summed E-state index contributed by atoms with van der Waals surface area (Å²) >= 11 is 0. The minimum Gasteiger partial charge on any atom is -0.462 e. The second kappa shape index (κ2) is 34.2. The molecule has 1 amide bonds. The Kier molecular flexibility index (Phi) is 33.0. The molecule has 0 rings (SSSR count). The average molecular weight is 626 g/mol. The van der Waals surface area contributed by atoms with Crippen molar-refractivity contribution in [1.29, 1.82) is 0 Å². The molecule has 0 spiro atoms. The molecule has 260 valence electrons. The Morgan fingerprint density at radius 3 is 1.30 bits per heavy atom. The van der Waals surface area contributed by atoms with Crippen LogP contribution in [0, 0.1) is 0 Å². The molecule has 1 atom stereocenters. The van der Waals surface area contributed by atoms with E-state index in [0.717, 1.165) is 51.5 Å². The van der Waals surface area contributed by atoms with Crippen LogP contribution in [0.2, 0.25) is 0 Å². The standard InChI is InChI=1S/C37H71NO6/c1-3-4-5-6-7-8-9-11-15-18-21-24-27-30-37(42)44-35(32-39)33-43-36(41)29-26-23-20-17-14-12-10-13-16-19-22-25-28-31-38-34(2)40/h35,39H,3-33H2,1-2H3,(H,38,40)/t35-/m0/s1. The van der Waals surface area contributed by atoms with Crippen LogP contribution in [0.1, 0.15) is 194 Å². The molecule has 0 fully saturated rings. The smallest absolute Gasteiger partial charge is 0.306 e. The Morgan fingerprint density at radius 1 is 0.545 bits per heavy atom. The lowest BCUT2D eigenvalue weighted by Gasteiger charge is -2.15. The molecule has 44 heavy (non-hydrogen) atoms. The van der Waals surface area contributed by atoms with E-state index in [1.165, 1.54) is 122 Å². The Morgan fingerprint density at radius 2 is 0.909 bits per heavy atom. The highest BCUT2D eigenvalue weighted by Crippen LogP contribution is 2.15. The van der Waals surface area contributed by atoms with Crippen LogP contribution in [0.15, 0.2) is 0 Å². The van der Waals surface area contributed by atoms with Gasteiger partial charge in [0.25, 0.3) is 0 Å². The maximum Gasteiger partial charge on any atom is 0.306 e. The number of aliphatic hydroxyl groups is 1. The molecule has 7 heteroatoms. The predicted molar refractivity (Wildman–Crippen MR) is 182 cm³/mol. The van der Waals surface area contributed by atoms with Crippen molar-refractivity contribution in [1.82, 2.24) is 5.32 Å². The largest absolute Gasteiger partial charge is 0.462 e. The number of unbranched alkanes of at least 4 members (excludes halogenated alkanes) is 24. The summed E-state index contributed by atoms with van der Waals surface area (Å²) in [6, 6.07) is 0. The summed E-state index contributed by atoms with van der Waals surface area (Å²) in [5.41, 5.74) is 0. The lowest BCUT2D eigenvalue weighted by molar-refractivity contribution is -0.161. The average Bonchev–Trinajstić information content (AvgIpc) is 3.01. The van der Waals surface area contributed by atoms with Crippen LogP contribution >= 0.6 is 0 Å². The minimum atomic E-state index is -0.775. The molecule has 0 aromatic rings. The number of carbonyl (C=O) groups is 3. The number of rotatable bonds is 34. The van der Waals surface area contributed by atoms with Gasteiger partial charge in [-0.2, -0.15) is 0 Å². The number of hydrogen-bond acceptors (Lipinski definition) is 6. The van der Waals surface area contributed by atoms with Gasteiger partial charge in [0, 0.05) is 26.3 Å². The third-order valence-electron chi connectivity index (χ3n) is 8.35. The molecule has 2 N–H and O–H groups in total. The van der Waals surface area contributed by atoms with E-state index < -0.39 is 6.10 Å². The number of ether oxygens (including phenoxy) is 2. The molecule has 0 aromatic carbocycles. The van der Waals surface area contributed by atoms with Crippen molar-refractivity contribution in [3.05, 3.63) is 0 Å². The normalized spacial score (nSPS) is 11.8. The first-order valence-electron chi connectivity index (χ1n) is 18.7. The molecule has 0 bridgehead atoms. The lowest BCUT2D eigenvalue weighted by Crippen LogP contribution is -2.28. The maximum absolute atomic E-state index is 12.1. The van der Waals surface area contributed by atoms with Gasteiger partial charge in [-0.1, -0.05) is 155 Å². The molecule has 0 aliphatic carbocycles. The Labute approximate surface area is 271 Å². The van der Waals surface area contributed by atoms with E-state index >= 15 is 0 Å². The summed E-state index contributed by atoms with van der Waals surface area (Å²) in [6.45, 7) is 4.22. The molecule has 0 aliphatic heterocycles. The highest BCUT2D eigenvalue weighted by atomic mass is 16.6. The summed E-state index contributed by atoms with van der Waals surface area (Å²) < 4.78 is 10.6. The number of esters is 2. The van der Waals surface area contributed by atoms with Gasteiger partial charge in [0.2, 0.25) is 5.91 Å². The third-order valence-corrected chi connectivity index (χ3v) is 8.35. The summed E-state index contributed by atoms with van der Waals surface area (Å²) in [5.74, 6) is -0.546. The van der Waals surface area contributed by atoms with Crippen molar-refractivity contribution < 1.29 is 29.0 Å². The molecule has 0 aliphatic rings. The van der Waals surface area contributed by atoms with Gasteiger partial charge in [0.15, 0.2) is 6.10 Å². The quantitative estimate of drug-likeness (QED) is 0.0545.